The first-order chi connectivity index (χ1) is 13.0. The second kappa shape index (κ2) is 9.47. The van der Waals surface area contributed by atoms with Crippen LogP contribution in [0, 0.1) is 0 Å². The Morgan fingerprint density at radius 3 is 2.22 bits per heavy atom. The maximum Gasteiger partial charge on any atom is 0.258 e. The van der Waals surface area contributed by atoms with Gasteiger partial charge in [-0.2, -0.15) is 0 Å². The maximum absolute atomic E-state index is 12.3. The van der Waals surface area contributed by atoms with Gasteiger partial charge in [0.25, 0.3) is 5.91 Å². The van der Waals surface area contributed by atoms with E-state index in [-0.39, 0.29) is 18.6 Å². The predicted molar refractivity (Wildman–Crippen MR) is 100.0 cm³/mol. The molecule has 0 radical (unpaired) electrons. The van der Waals surface area contributed by atoms with Gasteiger partial charge in [-0.05, 0) is 43.3 Å². The standard InChI is InChI=1S/C20H23NO6/c1-13(17-10-16(25-3)6-8-19(17)26-4)21-20(23)12-27-18-7-5-15(24-2)9-14(18)11-22/h5-11,13H,12H2,1-4H3,(H,21,23)/t13-/m1/s1. The van der Waals surface area contributed by atoms with Gasteiger partial charge in [-0.15, -0.1) is 0 Å². The summed E-state index contributed by atoms with van der Waals surface area (Å²) in [5, 5.41) is 2.84. The van der Waals surface area contributed by atoms with Gasteiger partial charge in [0.2, 0.25) is 0 Å². The molecule has 2 aromatic carbocycles. The van der Waals surface area contributed by atoms with E-state index in [0.717, 1.165) is 5.56 Å². The average molecular weight is 373 g/mol. The van der Waals surface area contributed by atoms with E-state index in [0.29, 0.717) is 34.8 Å². The zero-order valence-electron chi connectivity index (χ0n) is 15.8. The lowest BCUT2D eigenvalue weighted by Crippen LogP contribution is -2.31. The molecule has 0 fully saturated rings. The molecular formula is C20H23NO6. The van der Waals surface area contributed by atoms with Crippen LogP contribution in [0.1, 0.15) is 28.9 Å². The fourth-order valence-corrected chi connectivity index (χ4v) is 2.56. The Bertz CT molecular complexity index is 805. The number of hydrogen-bond acceptors (Lipinski definition) is 6. The van der Waals surface area contributed by atoms with E-state index in [2.05, 4.69) is 5.32 Å². The summed E-state index contributed by atoms with van der Waals surface area (Å²) in [6.45, 7) is 1.60. The van der Waals surface area contributed by atoms with Crippen LogP contribution in [0.4, 0.5) is 0 Å². The van der Waals surface area contributed by atoms with Gasteiger partial charge in [0, 0.05) is 5.56 Å². The van der Waals surface area contributed by atoms with Crippen LogP contribution in [0.3, 0.4) is 0 Å². The smallest absolute Gasteiger partial charge is 0.258 e. The van der Waals surface area contributed by atoms with Gasteiger partial charge < -0.3 is 24.3 Å². The Morgan fingerprint density at radius 1 is 1.00 bits per heavy atom. The molecular weight excluding hydrogens is 350 g/mol. The van der Waals surface area contributed by atoms with E-state index in [1.54, 1.807) is 50.6 Å². The van der Waals surface area contributed by atoms with Crippen molar-refractivity contribution in [3.8, 4) is 23.0 Å². The summed E-state index contributed by atoms with van der Waals surface area (Å²) >= 11 is 0. The van der Waals surface area contributed by atoms with Crippen LogP contribution in [0.5, 0.6) is 23.0 Å². The summed E-state index contributed by atoms with van der Waals surface area (Å²) in [5.74, 6) is 1.82. The number of ether oxygens (including phenoxy) is 4. The van der Waals surface area contributed by atoms with Crippen LogP contribution in [0.2, 0.25) is 0 Å². The van der Waals surface area contributed by atoms with Crippen LogP contribution in [-0.4, -0.2) is 40.1 Å². The molecule has 0 spiro atoms. The third kappa shape index (κ3) is 5.13. The van der Waals surface area contributed by atoms with Gasteiger partial charge in [-0.1, -0.05) is 0 Å². The fraction of sp³-hybridized carbons (Fsp3) is 0.300. The Labute approximate surface area is 158 Å². The van der Waals surface area contributed by atoms with Crippen molar-refractivity contribution in [2.45, 2.75) is 13.0 Å². The molecule has 7 nitrogen and oxygen atoms in total. The Balaban J connectivity index is 2.03. The average Bonchev–Trinajstić information content (AvgIpc) is 2.71. The highest BCUT2D eigenvalue weighted by Gasteiger charge is 2.16. The normalized spacial score (nSPS) is 11.3. The molecule has 0 unspecified atom stereocenters. The maximum atomic E-state index is 12.3. The molecule has 0 saturated heterocycles. The van der Waals surface area contributed by atoms with E-state index >= 15 is 0 Å². The second-order valence-corrected chi connectivity index (χ2v) is 5.71. The third-order valence-corrected chi connectivity index (χ3v) is 3.98. The lowest BCUT2D eigenvalue weighted by atomic mass is 10.1. The van der Waals surface area contributed by atoms with Crippen molar-refractivity contribution >= 4 is 12.2 Å². The molecule has 0 aliphatic heterocycles. The molecule has 7 heteroatoms. The molecule has 1 amide bonds. The molecule has 144 valence electrons. The van der Waals surface area contributed by atoms with Crippen molar-refractivity contribution in [3.05, 3.63) is 47.5 Å². The number of amides is 1. The van der Waals surface area contributed by atoms with Gasteiger partial charge in [0.05, 0.1) is 32.9 Å². The highest BCUT2D eigenvalue weighted by molar-refractivity contribution is 5.81. The Morgan fingerprint density at radius 2 is 1.63 bits per heavy atom. The Hall–Kier alpha value is -3.22. The molecule has 0 aliphatic rings. The zero-order chi connectivity index (χ0) is 19.8. The lowest BCUT2D eigenvalue weighted by molar-refractivity contribution is -0.123. The number of hydrogen-bond donors (Lipinski definition) is 1. The van der Waals surface area contributed by atoms with Crippen LogP contribution in [0.25, 0.3) is 0 Å². The quantitative estimate of drug-likeness (QED) is 0.681. The van der Waals surface area contributed by atoms with Crippen molar-refractivity contribution < 1.29 is 28.5 Å². The van der Waals surface area contributed by atoms with Crippen molar-refractivity contribution in [1.82, 2.24) is 5.32 Å². The molecule has 27 heavy (non-hydrogen) atoms. The number of benzene rings is 2. The van der Waals surface area contributed by atoms with E-state index in [9.17, 15) is 9.59 Å². The monoisotopic (exact) mass is 373 g/mol. The van der Waals surface area contributed by atoms with E-state index < -0.39 is 0 Å². The number of nitrogens with one attached hydrogen (secondary N) is 1. The summed E-state index contributed by atoms with van der Waals surface area (Å²) in [6.07, 6.45) is 0.652. The first-order valence-electron chi connectivity index (χ1n) is 8.29. The first-order valence-corrected chi connectivity index (χ1v) is 8.29. The van der Waals surface area contributed by atoms with Gasteiger partial charge in [-0.25, -0.2) is 0 Å². The highest BCUT2D eigenvalue weighted by atomic mass is 16.5. The fourth-order valence-electron chi connectivity index (χ4n) is 2.56. The number of carbonyl (C=O) groups excluding carboxylic acids is 2. The third-order valence-electron chi connectivity index (χ3n) is 3.98. The van der Waals surface area contributed by atoms with E-state index in [4.69, 9.17) is 18.9 Å². The van der Waals surface area contributed by atoms with E-state index in [1.165, 1.54) is 7.11 Å². The SMILES string of the molecule is COc1ccc(OCC(=O)N[C@H](C)c2cc(OC)ccc2OC)c(C=O)c1. The Kier molecular flexibility index (Phi) is 7.05. The summed E-state index contributed by atoms with van der Waals surface area (Å²) in [6, 6.07) is 9.83. The predicted octanol–water partition coefficient (Wildman–Crippen LogP) is 2.78. The van der Waals surface area contributed by atoms with Gasteiger partial charge >= 0.3 is 0 Å². The molecule has 0 heterocycles. The molecule has 0 aromatic heterocycles. The second-order valence-electron chi connectivity index (χ2n) is 5.71. The molecule has 0 saturated carbocycles. The van der Waals surface area contributed by atoms with Crippen molar-refractivity contribution in [1.29, 1.82) is 0 Å². The number of rotatable bonds is 9. The van der Waals surface area contributed by atoms with Crippen molar-refractivity contribution in [2.75, 3.05) is 27.9 Å². The summed E-state index contributed by atoms with van der Waals surface area (Å²) in [5.41, 5.74) is 1.09. The van der Waals surface area contributed by atoms with Gasteiger partial charge in [-0.3, -0.25) is 9.59 Å². The molecule has 2 aromatic rings. The van der Waals surface area contributed by atoms with Crippen LogP contribution < -0.4 is 24.3 Å². The van der Waals surface area contributed by atoms with Crippen LogP contribution in [-0.2, 0) is 4.79 Å². The lowest BCUT2D eigenvalue weighted by Gasteiger charge is -2.18. The minimum absolute atomic E-state index is 0.232. The molecule has 1 N–H and O–H groups in total. The molecule has 1 atom stereocenters. The molecule has 0 bridgehead atoms. The summed E-state index contributed by atoms with van der Waals surface area (Å²) in [4.78, 5) is 23.4. The zero-order valence-corrected chi connectivity index (χ0v) is 15.8. The highest BCUT2D eigenvalue weighted by Crippen LogP contribution is 2.29. The topological polar surface area (TPSA) is 83.1 Å². The number of methoxy groups -OCH3 is 3. The molecule has 0 aliphatic carbocycles. The molecule has 2 rings (SSSR count). The van der Waals surface area contributed by atoms with Crippen LogP contribution >= 0.6 is 0 Å². The summed E-state index contributed by atoms with van der Waals surface area (Å²) < 4.78 is 21.1. The van der Waals surface area contributed by atoms with E-state index in [1.807, 2.05) is 6.92 Å². The van der Waals surface area contributed by atoms with Crippen LogP contribution in [0.15, 0.2) is 36.4 Å². The number of aldehydes is 1. The van der Waals surface area contributed by atoms with Gasteiger partial charge in [0.15, 0.2) is 12.9 Å². The van der Waals surface area contributed by atoms with Crippen molar-refractivity contribution in [2.24, 2.45) is 0 Å². The summed E-state index contributed by atoms with van der Waals surface area (Å²) in [7, 11) is 4.64. The number of carbonyl (C=O) groups is 2. The minimum Gasteiger partial charge on any atom is -0.497 e. The largest absolute Gasteiger partial charge is 0.497 e. The van der Waals surface area contributed by atoms with Gasteiger partial charge in [0.1, 0.15) is 23.0 Å². The first kappa shape index (κ1) is 20.1. The van der Waals surface area contributed by atoms with Crippen molar-refractivity contribution in [3.63, 3.8) is 0 Å². The minimum atomic E-state index is -0.333.